The fourth-order valence-corrected chi connectivity index (χ4v) is 1.20. The Morgan fingerprint density at radius 1 is 1.36 bits per heavy atom. The molecule has 2 nitrogen and oxygen atoms in total. The van der Waals surface area contributed by atoms with E-state index in [-0.39, 0.29) is 10.7 Å². The molecule has 6 heteroatoms. The van der Waals surface area contributed by atoms with Crippen molar-refractivity contribution in [3.05, 3.63) is 28.3 Å². The zero-order chi connectivity index (χ0) is 10.9. The van der Waals surface area contributed by atoms with Crippen LogP contribution in [0, 0.1) is 11.3 Å². The van der Waals surface area contributed by atoms with Crippen molar-refractivity contribution in [2.45, 2.75) is 6.18 Å². The summed E-state index contributed by atoms with van der Waals surface area (Å²) < 4.78 is 37.0. The van der Waals surface area contributed by atoms with Crippen LogP contribution in [0.4, 0.5) is 18.9 Å². The largest absolute Gasteiger partial charge is 0.417 e. The minimum atomic E-state index is -4.62. The molecule has 0 aliphatic rings. The quantitative estimate of drug-likeness (QED) is 0.684. The molecule has 0 aromatic heterocycles. The summed E-state index contributed by atoms with van der Waals surface area (Å²) >= 11 is 5.40. The van der Waals surface area contributed by atoms with Gasteiger partial charge in [-0.1, -0.05) is 11.6 Å². The van der Waals surface area contributed by atoms with Gasteiger partial charge in [-0.05, 0) is 12.1 Å². The molecule has 0 heterocycles. The second-order valence-electron chi connectivity index (χ2n) is 2.53. The third kappa shape index (κ3) is 1.91. The Morgan fingerprint density at radius 2 is 1.93 bits per heavy atom. The SMILES string of the molecule is N#Cc1c(N)cc(Cl)cc1C(F)(F)F. The van der Waals surface area contributed by atoms with Crippen LogP contribution in [0.3, 0.4) is 0 Å². The Labute approximate surface area is 82.7 Å². The van der Waals surface area contributed by atoms with Gasteiger partial charge >= 0.3 is 6.18 Å². The van der Waals surface area contributed by atoms with Crippen LogP contribution >= 0.6 is 11.6 Å². The van der Waals surface area contributed by atoms with E-state index < -0.39 is 17.3 Å². The Morgan fingerprint density at radius 3 is 2.36 bits per heavy atom. The van der Waals surface area contributed by atoms with E-state index in [1.54, 1.807) is 0 Å². The Hall–Kier alpha value is -1.41. The topological polar surface area (TPSA) is 49.8 Å². The first-order valence-electron chi connectivity index (χ1n) is 3.42. The second kappa shape index (κ2) is 3.39. The first-order chi connectivity index (χ1) is 6.36. The lowest BCUT2D eigenvalue weighted by Gasteiger charge is -2.10. The van der Waals surface area contributed by atoms with Gasteiger partial charge in [0.2, 0.25) is 0 Å². The van der Waals surface area contributed by atoms with Gasteiger partial charge in [0.1, 0.15) is 6.07 Å². The molecule has 0 unspecified atom stereocenters. The molecule has 0 atom stereocenters. The zero-order valence-corrected chi connectivity index (χ0v) is 7.45. The van der Waals surface area contributed by atoms with Gasteiger partial charge in [-0.15, -0.1) is 0 Å². The fraction of sp³-hybridized carbons (Fsp3) is 0.125. The number of nitrogen functional groups attached to an aromatic ring is 1. The highest BCUT2D eigenvalue weighted by Gasteiger charge is 2.34. The van der Waals surface area contributed by atoms with Gasteiger partial charge in [0.25, 0.3) is 0 Å². The molecule has 1 aromatic rings. The van der Waals surface area contributed by atoms with Crippen LogP contribution in [0.25, 0.3) is 0 Å². The number of hydrogen-bond donors (Lipinski definition) is 1. The smallest absolute Gasteiger partial charge is 0.398 e. The summed E-state index contributed by atoms with van der Waals surface area (Å²) in [6.45, 7) is 0. The Balaban J connectivity index is 3.50. The van der Waals surface area contributed by atoms with Gasteiger partial charge in [0.05, 0.1) is 16.8 Å². The van der Waals surface area contributed by atoms with E-state index in [1.165, 1.54) is 6.07 Å². The van der Waals surface area contributed by atoms with Crippen molar-refractivity contribution < 1.29 is 13.2 Å². The lowest BCUT2D eigenvalue weighted by Crippen LogP contribution is -2.09. The average molecular weight is 221 g/mol. The normalized spacial score (nSPS) is 11.1. The van der Waals surface area contributed by atoms with Crippen molar-refractivity contribution in [3.63, 3.8) is 0 Å². The minimum Gasteiger partial charge on any atom is -0.398 e. The predicted molar refractivity (Wildman–Crippen MR) is 45.6 cm³/mol. The molecule has 0 aliphatic heterocycles. The number of nitrogens with two attached hydrogens (primary N) is 1. The molecule has 0 saturated carbocycles. The van der Waals surface area contributed by atoms with Gasteiger partial charge in [-0.3, -0.25) is 0 Å². The third-order valence-electron chi connectivity index (χ3n) is 1.55. The third-order valence-corrected chi connectivity index (χ3v) is 1.77. The van der Waals surface area contributed by atoms with Crippen LogP contribution in [-0.2, 0) is 6.18 Å². The van der Waals surface area contributed by atoms with E-state index in [4.69, 9.17) is 22.6 Å². The maximum Gasteiger partial charge on any atom is 0.417 e. The molecule has 1 rings (SSSR count). The summed E-state index contributed by atoms with van der Waals surface area (Å²) in [4.78, 5) is 0. The van der Waals surface area contributed by atoms with Gasteiger partial charge < -0.3 is 5.73 Å². The van der Waals surface area contributed by atoms with E-state index in [0.29, 0.717) is 6.07 Å². The van der Waals surface area contributed by atoms with Gasteiger partial charge in [-0.2, -0.15) is 18.4 Å². The Kier molecular flexibility index (Phi) is 2.58. The highest BCUT2D eigenvalue weighted by Crippen LogP contribution is 2.35. The number of rotatable bonds is 0. The highest BCUT2D eigenvalue weighted by molar-refractivity contribution is 6.31. The molecule has 0 bridgehead atoms. The molecular formula is C8H4ClF3N2. The van der Waals surface area contributed by atoms with Crippen LogP contribution in [-0.4, -0.2) is 0 Å². The summed E-state index contributed by atoms with van der Waals surface area (Å²) in [5.74, 6) is 0. The Bertz CT molecular complexity index is 406. The van der Waals surface area contributed by atoms with Crippen LogP contribution in [0.5, 0.6) is 0 Å². The van der Waals surface area contributed by atoms with Crippen molar-refractivity contribution >= 4 is 17.3 Å². The minimum absolute atomic E-state index is 0.145. The van der Waals surface area contributed by atoms with Crippen molar-refractivity contribution in [2.24, 2.45) is 0 Å². The number of halogens is 4. The molecule has 2 N–H and O–H groups in total. The van der Waals surface area contributed by atoms with Crippen molar-refractivity contribution in [1.29, 1.82) is 5.26 Å². The molecule has 14 heavy (non-hydrogen) atoms. The van der Waals surface area contributed by atoms with Gasteiger partial charge in [0, 0.05) is 5.02 Å². The maximum atomic E-state index is 12.3. The van der Waals surface area contributed by atoms with Crippen LogP contribution in [0.2, 0.25) is 5.02 Å². The van der Waals surface area contributed by atoms with E-state index in [1.807, 2.05) is 0 Å². The summed E-state index contributed by atoms with van der Waals surface area (Å²) in [7, 11) is 0. The summed E-state index contributed by atoms with van der Waals surface area (Å²) in [5, 5.41) is 8.34. The lowest BCUT2D eigenvalue weighted by molar-refractivity contribution is -0.137. The standard InChI is InChI=1S/C8H4ClF3N2/c9-4-1-6(8(10,11)12)5(3-13)7(14)2-4/h1-2H,14H2. The molecule has 0 spiro atoms. The average Bonchev–Trinajstić information content (AvgIpc) is 2.01. The highest BCUT2D eigenvalue weighted by atomic mass is 35.5. The van der Waals surface area contributed by atoms with Crippen molar-refractivity contribution in [3.8, 4) is 6.07 Å². The van der Waals surface area contributed by atoms with Crippen LogP contribution in [0.15, 0.2) is 12.1 Å². The summed E-state index contributed by atoms with van der Waals surface area (Å²) in [6.07, 6.45) is -4.62. The predicted octanol–water partition coefficient (Wildman–Crippen LogP) is 2.81. The number of benzene rings is 1. The van der Waals surface area contributed by atoms with Gasteiger partial charge in [-0.25, -0.2) is 0 Å². The van der Waals surface area contributed by atoms with Gasteiger partial charge in [0.15, 0.2) is 0 Å². The molecule has 0 amide bonds. The monoisotopic (exact) mass is 220 g/mol. The number of anilines is 1. The summed E-state index contributed by atoms with van der Waals surface area (Å²) in [5.41, 5.74) is 3.25. The number of hydrogen-bond acceptors (Lipinski definition) is 2. The summed E-state index contributed by atoms with van der Waals surface area (Å²) in [6, 6.07) is 3.18. The number of nitrogens with zero attached hydrogens (tertiary/aromatic N) is 1. The maximum absolute atomic E-state index is 12.3. The lowest BCUT2D eigenvalue weighted by atomic mass is 10.1. The molecule has 0 radical (unpaired) electrons. The first-order valence-corrected chi connectivity index (χ1v) is 3.80. The fourth-order valence-electron chi connectivity index (χ4n) is 0.976. The zero-order valence-electron chi connectivity index (χ0n) is 6.69. The van der Waals surface area contributed by atoms with E-state index >= 15 is 0 Å². The van der Waals surface area contributed by atoms with E-state index in [2.05, 4.69) is 0 Å². The molecule has 74 valence electrons. The molecule has 0 saturated heterocycles. The van der Waals surface area contributed by atoms with Crippen molar-refractivity contribution in [1.82, 2.24) is 0 Å². The first kappa shape index (κ1) is 10.7. The van der Waals surface area contributed by atoms with Crippen molar-refractivity contribution in [2.75, 3.05) is 5.73 Å². The molecule has 0 aliphatic carbocycles. The van der Waals surface area contributed by atoms with E-state index in [0.717, 1.165) is 6.07 Å². The molecular weight excluding hydrogens is 217 g/mol. The number of nitriles is 1. The molecule has 0 fully saturated rings. The molecule has 1 aromatic carbocycles. The van der Waals surface area contributed by atoms with Crippen LogP contribution < -0.4 is 5.73 Å². The van der Waals surface area contributed by atoms with Crippen LogP contribution in [0.1, 0.15) is 11.1 Å². The number of alkyl halides is 3. The van der Waals surface area contributed by atoms with E-state index in [9.17, 15) is 13.2 Å². The second-order valence-corrected chi connectivity index (χ2v) is 2.96.